The second-order valence-electron chi connectivity index (χ2n) is 4.24. The first-order chi connectivity index (χ1) is 6.27. The van der Waals surface area contributed by atoms with Crippen LogP contribution in [-0.2, 0) is 4.74 Å². The van der Waals surface area contributed by atoms with Gasteiger partial charge in [-0.2, -0.15) is 0 Å². The fourth-order valence-electron chi connectivity index (χ4n) is 2.49. The zero-order valence-electron chi connectivity index (χ0n) is 8.28. The largest absolute Gasteiger partial charge is 0.391 e. The molecule has 3 heteroatoms. The van der Waals surface area contributed by atoms with Gasteiger partial charge in [0.15, 0.2) is 0 Å². The van der Waals surface area contributed by atoms with Gasteiger partial charge < -0.3 is 9.84 Å². The molecule has 0 aromatic heterocycles. The van der Waals surface area contributed by atoms with E-state index < -0.39 is 0 Å². The lowest BCUT2D eigenvalue weighted by Gasteiger charge is -2.36. The number of rotatable bonds is 1. The molecule has 76 valence electrons. The average molecular weight is 185 g/mol. The van der Waals surface area contributed by atoms with Crippen LogP contribution in [0.1, 0.15) is 26.2 Å². The molecule has 0 spiro atoms. The molecule has 13 heavy (non-hydrogen) atoms. The SMILES string of the molecule is CC1CN([C@H]2CCC[C@@H]2O)CCO1. The number of ether oxygens (including phenoxy) is 1. The molecule has 0 bridgehead atoms. The second kappa shape index (κ2) is 3.95. The summed E-state index contributed by atoms with van der Waals surface area (Å²) in [5.74, 6) is 0. The van der Waals surface area contributed by atoms with Crippen LogP contribution >= 0.6 is 0 Å². The summed E-state index contributed by atoms with van der Waals surface area (Å²) >= 11 is 0. The summed E-state index contributed by atoms with van der Waals surface area (Å²) in [7, 11) is 0. The zero-order valence-corrected chi connectivity index (χ0v) is 8.28. The van der Waals surface area contributed by atoms with Gasteiger partial charge in [-0.15, -0.1) is 0 Å². The maximum atomic E-state index is 9.74. The summed E-state index contributed by atoms with van der Waals surface area (Å²) < 4.78 is 5.48. The first-order valence-electron chi connectivity index (χ1n) is 5.31. The highest BCUT2D eigenvalue weighted by molar-refractivity contribution is 4.87. The van der Waals surface area contributed by atoms with Gasteiger partial charge in [-0.05, 0) is 26.2 Å². The monoisotopic (exact) mass is 185 g/mol. The predicted octanol–water partition coefficient (Wildman–Crippen LogP) is 0.621. The van der Waals surface area contributed by atoms with Crippen LogP contribution in [-0.4, -0.2) is 48.0 Å². The van der Waals surface area contributed by atoms with Gasteiger partial charge in [-0.1, -0.05) is 0 Å². The molecule has 1 aliphatic heterocycles. The van der Waals surface area contributed by atoms with Crippen molar-refractivity contribution in [1.29, 1.82) is 0 Å². The molecular formula is C10H19NO2. The number of nitrogens with zero attached hydrogens (tertiary/aromatic N) is 1. The van der Waals surface area contributed by atoms with Crippen molar-refractivity contribution in [1.82, 2.24) is 4.90 Å². The van der Waals surface area contributed by atoms with Gasteiger partial charge in [0.25, 0.3) is 0 Å². The van der Waals surface area contributed by atoms with Gasteiger partial charge in [-0.3, -0.25) is 4.90 Å². The molecule has 1 heterocycles. The van der Waals surface area contributed by atoms with Crippen LogP contribution in [0, 0.1) is 0 Å². The van der Waals surface area contributed by atoms with Gasteiger partial charge in [0.1, 0.15) is 0 Å². The van der Waals surface area contributed by atoms with Crippen LogP contribution in [0.3, 0.4) is 0 Å². The Bertz CT molecular complexity index is 174. The lowest BCUT2D eigenvalue weighted by Crippen LogP contribution is -2.49. The molecule has 2 fully saturated rings. The Hall–Kier alpha value is -0.120. The first kappa shape index (κ1) is 9.44. The first-order valence-corrected chi connectivity index (χ1v) is 5.31. The van der Waals surface area contributed by atoms with Gasteiger partial charge in [0.05, 0.1) is 18.8 Å². The van der Waals surface area contributed by atoms with E-state index in [1.54, 1.807) is 0 Å². The maximum absolute atomic E-state index is 9.74. The smallest absolute Gasteiger partial charge is 0.0695 e. The van der Waals surface area contributed by atoms with E-state index in [1.165, 1.54) is 6.42 Å². The quantitative estimate of drug-likeness (QED) is 0.650. The highest BCUT2D eigenvalue weighted by atomic mass is 16.5. The molecule has 1 saturated carbocycles. The van der Waals surface area contributed by atoms with E-state index >= 15 is 0 Å². The summed E-state index contributed by atoms with van der Waals surface area (Å²) in [5, 5.41) is 9.74. The number of hydrogen-bond acceptors (Lipinski definition) is 3. The van der Waals surface area contributed by atoms with Gasteiger partial charge in [0, 0.05) is 19.1 Å². The van der Waals surface area contributed by atoms with E-state index in [9.17, 15) is 5.11 Å². The Morgan fingerprint density at radius 2 is 2.23 bits per heavy atom. The van der Waals surface area contributed by atoms with Crippen LogP contribution in [0.5, 0.6) is 0 Å². The Morgan fingerprint density at radius 1 is 1.38 bits per heavy atom. The highest BCUT2D eigenvalue weighted by Crippen LogP contribution is 2.25. The van der Waals surface area contributed by atoms with Crippen LogP contribution in [0.2, 0.25) is 0 Å². The number of hydrogen-bond donors (Lipinski definition) is 1. The van der Waals surface area contributed by atoms with Crippen molar-refractivity contribution in [3.8, 4) is 0 Å². The molecule has 1 N–H and O–H groups in total. The van der Waals surface area contributed by atoms with Gasteiger partial charge >= 0.3 is 0 Å². The molecule has 0 aromatic rings. The molecule has 3 nitrogen and oxygen atoms in total. The molecule has 3 atom stereocenters. The van der Waals surface area contributed by atoms with Crippen LogP contribution < -0.4 is 0 Å². The van der Waals surface area contributed by atoms with Crippen molar-refractivity contribution in [2.75, 3.05) is 19.7 Å². The van der Waals surface area contributed by atoms with Crippen LogP contribution in [0.25, 0.3) is 0 Å². The van der Waals surface area contributed by atoms with E-state index in [4.69, 9.17) is 4.74 Å². The molecule has 1 aliphatic carbocycles. The third kappa shape index (κ3) is 2.03. The number of aliphatic hydroxyl groups is 1. The molecule has 0 radical (unpaired) electrons. The van der Waals surface area contributed by atoms with Gasteiger partial charge in [0.2, 0.25) is 0 Å². The Balaban J connectivity index is 1.91. The number of aliphatic hydroxyl groups excluding tert-OH is 1. The third-order valence-electron chi connectivity index (χ3n) is 3.19. The zero-order chi connectivity index (χ0) is 9.26. The summed E-state index contributed by atoms with van der Waals surface area (Å²) in [6, 6.07) is 0.409. The minimum atomic E-state index is -0.0923. The standard InChI is InChI=1S/C10H19NO2/c1-8-7-11(5-6-13-8)9-3-2-4-10(9)12/h8-10,12H,2-7H2,1H3/t8?,9-,10-/m0/s1. The normalized spacial score (nSPS) is 42.5. The van der Waals surface area contributed by atoms with E-state index in [2.05, 4.69) is 11.8 Å². The molecule has 2 aliphatic rings. The van der Waals surface area contributed by atoms with Crippen molar-refractivity contribution in [3.05, 3.63) is 0 Å². The van der Waals surface area contributed by atoms with E-state index in [1.807, 2.05) is 0 Å². The Labute approximate surface area is 79.7 Å². The summed E-state index contributed by atoms with van der Waals surface area (Å²) in [6.07, 6.45) is 3.56. The fourth-order valence-corrected chi connectivity index (χ4v) is 2.49. The molecule has 0 aromatic carbocycles. The Kier molecular flexibility index (Phi) is 2.86. The highest BCUT2D eigenvalue weighted by Gasteiger charge is 2.32. The van der Waals surface area contributed by atoms with Crippen molar-refractivity contribution >= 4 is 0 Å². The van der Waals surface area contributed by atoms with Crippen LogP contribution in [0.15, 0.2) is 0 Å². The minimum absolute atomic E-state index is 0.0923. The molecule has 1 unspecified atom stereocenters. The molecule has 1 saturated heterocycles. The van der Waals surface area contributed by atoms with Gasteiger partial charge in [-0.25, -0.2) is 0 Å². The maximum Gasteiger partial charge on any atom is 0.0695 e. The predicted molar refractivity (Wildman–Crippen MR) is 50.6 cm³/mol. The third-order valence-corrected chi connectivity index (χ3v) is 3.19. The summed E-state index contributed by atoms with van der Waals surface area (Å²) in [6.45, 7) is 4.91. The fraction of sp³-hybridized carbons (Fsp3) is 1.00. The minimum Gasteiger partial charge on any atom is -0.391 e. The summed E-state index contributed by atoms with van der Waals surface area (Å²) in [4.78, 5) is 2.39. The molecule has 2 rings (SSSR count). The van der Waals surface area contributed by atoms with E-state index in [0.717, 1.165) is 32.5 Å². The molecule has 0 amide bonds. The lowest BCUT2D eigenvalue weighted by atomic mass is 10.1. The Morgan fingerprint density at radius 3 is 2.85 bits per heavy atom. The van der Waals surface area contributed by atoms with Crippen LogP contribution in [0.4, 0.5) is 0 Å². The van der Waals surface area contributed by atoms with Crippen molar-refractivity contribution in [3.63, 3.8) is 0 Å². The summed E-state index contributed by atoms with van der Waals surface area (Å²) in [5.41, 5.74) is 0. The van der Waals surface area contributed by atoms with E-state index in [0.29, 0.717) is 12.1 Å². The topological polar surface area (TPSA) is 32.7 Å². The van der Waals surface area contributed by atoms with E-state index in [-0.39, 0.29) is 6.10 Å². The number of morpholine rings is 1. The van der Waals surface area contributed by atoms with Crippen molar-refractivity contribution in [2.24, 2.45) is 0 Å². The second-order valence-corrected chi connectivity index (χ2v) is 4.24. The molecular weight excluding hydrogens is 166 g/mol. The lowest BCUT2D eigenvalue weighted by molar-refractivity contribution is -0.0508. The van der Waals surface area contributed by atoms with Crippen molar-refractivity contribution in [2.45, 2.75) is 44.4 Å². The van der Waals surface area contributed by atoms with Crippen molar-refractivity contribution < 1.29 is 9.84 Å². The average Bonchev–Trinajstić information content (AvgIpc) is 2.51.